The van der Waals surface area contributed by atoms with Crippen molar-refractivity contribution in [2.45, 2.75) is 338 Å². The average Bonchev–Trinajstić information content (AvgIpc) is 1.59. The maximum atomic E-state index is 11.8. The quantitative estimate of drug-likeness (QED) is 0.0317. The van der Waals surface area contributed by atoms with Crippen molar-refractivity contribution in [3.63, 3.8) is 0 Å². The van der Waals surface area contributed by atoms with Crippen molar-refractivity contribution in [2.24, 2.45) is 64.1 Å². The summed E-state index contributed by atoms with van der Waals surface area (Å²) in [5.41, 5.74) is -0.332. The molecule has 2 saturated carbocycles. The van der Waals surface area contributed by atoms with Crippen LogP contribution in [0.4, 0.5) is 4.79 Å². The van der Waals surface area contributed by atoms with Gasteiger partial charge in [-0.2, -0.15) is 0 Å². The summed E-state index contributed by atoms with van der Waals surface area (Å²) in [6.45, 7) is 8.29. The lowest BCUT2D eigenvalue weighted by atomic mass is 9.72. The van der Waals surface area contributed by atoms with Crippen LogP contribution in [0.15, 0.2) is 0 Å². The van der Waals surface area contributed by atoms with Gasteiger partial charge in [-0.05, 0) is 121 Å². The van der Waals surface area contributed by atoms with E-state index in [4.69, 9.17) is 85.3 Å². The zero-order chi connectivity index (χ0) is 92.8. The Morgan fingerprint density at radius 3 is 1.37 bits per heavy atom. The smallest absolute Gasteiger partial charge is 0.465 e. The Labute approximate surface area is 797 Å². The molecule has 0 N–H and O–H groups in total. The van der Waals surface area contributed by atoms with E-state index < -0.39 is 6.16 Å². The molecule has 0 amide bonds. The van der Waals surface area contributed by atoms with E-state index in [1.165, 1.54) is 218 Å². The molecule has 17 saturated heterocycles. The number of carbonyl (C=O) groups excluding carboxylic acids is 11. The van der Waals surface area contributed by atoms with Gasteiger partial charge >= 0.3 is 65.8 Å². The van der Waals surface area contributed by atoms with Crippen LogP contribution in [0, 0.1) is 64.1 Å². The summed E-state index contributed by atoms with van der Waals surface area (Å²) < 4.78 is 100. The lowest BCUT2D eigenvalue weighted by Gasteiger charge is -2.31. The minimum Gasteiger partial charge on any atom is -0.465 e. The molecule has 19 rings (SSSR count). The highest BCUT2D eigenvalue weighted by molar-refractivity contribution is 6.10. The van der Waals surface area contributed by atoms with E-state index in [0.29, 0.717) is 115 Å². The lowest BCUT2D eigenvalue weighted by molar-refractivity contribution is -0.149. The Balaban J connectivity index is 0.000000162. The first-order chi connectivity index (χ1) is 62.4. The third kappa shape index (κ3) is 32.6. The maximum absolute atomic E-state index is 11.8. The zero-order valence-electron chi connectivity index (χ0n) is 79.8. The minimum atomic E-state index is -0.502. The molecule has 25 unspecified atom stereocenters. The Kier molecular flexibility index (Phi) is 48.3. The number of ether oxygens (including phenoxy) is 19. The molecule has 19 aliphatic rings. The molecule has 736 valence electrons. The second-order valence-corrected chi connectivity index (χ2v) is 49.2. The molecule has 17 heterocycles. The molecule has 0 aromatic heterocycles. The summed E-state index contributed by atoms with van der Waals surface area (Å²) in [5, 5.41) is 0. The summed E-state index contributed by atoms with van der Waals surface area (Å²) in [6, 6.07) is 14.0. The largest absolute Gasteiger partial charge is 0.508 e. The molecular weight excluding hydrogens is 1850 g/mol. The topological polar surface area (TPSA) is 363 Å². The Hall–Kier alpha value is -3.92. The average molecular weight is 2010 g/mol. The van der Waals surface area contributed by atoms with Gasteiger partial charge in [-0.15, -0.1) is 0 Å². The molecule has 25 atom stereocenters. The van der Waals surface area contributed by atoms with Crippen molar-refractivity contribution < 1.29 is 143 Å². The highest BCUT2D eigenvalue weighted by atomic mass is 28.2. The second-order valence-electron chi connectivity index (χ2n) is 38.4. The normalized spacial score (nSPS) is 35.5. The number of hydrogen-bond donors (Lipinski definition) is 0. The molecule has 17 aliphatic heterocycles. The lowest BCUT2D eigenvalue weighted by Crippen LogP contribution is -2.41. The van der Waals surface area contributed by atoms with Gasteiger partial charge in [0.1, 0.15) is 43.7 Å². The van der Waals surface area contributed by atoms with Gasteiger partial charge in [0.25, 0.3) is 0 Å². The molecule has 19 fully saturated rings. The monoisotopic (exact) mass is 2000 g/mol. The summed E-state index contributed by atoms with van der Waals surface area (Å²) in [4.78, 5) is 120. The predicted molar refractivity (Wildman–Crippen MR) is 520 cm³/mol. The molecule has 0 aromatic rings. The van der Waals surface area contributed by atoms with Gasteiger partial charge in [-0.3, -0.25) is 47.9 Å². The highest BCUT2D eigenvalue weighted by Crippen LogP contribution is 2.57. The fourth-order valence-electron chi connectivity index (χ4n) is 20.6. The summed E-state index contributed by atoms with van der Waals surface area (Å²) in [5.74, 6) is 3.38. The first-order valence-corrected chi connectivity index (χ1v) is 66.0. The van der Waals surface area contributed by atoms with Crippen LogP contribution < -0.4 is 0 Å². The van der Waals surface area contributed by atoms with Crippen LogP contribution in [0.5, 0.6) is 0 Å². The summed E-state index contributed by atoms with van der Waals surface area (Å²) >= 11 is 0. The maximum Gasteiger partial charge on any atom is 0.508 e. The fourth-order valence-corrected chi connectivity index (χ4v) is 25.7. The number of carbonyl (C=O) groups is 11. The van der Waals surface area contributed by atoms with Crippen LogP contribution in [0.2, 0.25) is 66.5 Å². The van der Waals surface area contributed by atoms with E-state index >= 15 is 0 Å². The van der Waals surface area contributed by atoms with Crippen LogP contribution in [-0.2, 0) is 138 Å². The molecule has 8 bridgehead atoms. The molecule has 2 spiro atoms. The molecular formula is C88H160O30Si11. The molecule has 0 radical (unpaired) electrons. The van der Waals surface area contributed by atoms with Gasteiger partial charge in [0.2, 0.25) is 0 Å². The molecule has 41 heteroatoms. The Morgan fingerprint density at radius 1 is 0.364 bits per heavy atom. The van der Waals surface area contributed by atoms with E-state index in [9.17, 15) is 52.7 Å². The van der Waals surface area contributed by atoms with Crippen molar-refractivity contribution in [3.05, 3.63) is 0 Å². The van der Waals surface area contributed by atoms with Gasteiger partial charge in [-0.1, -0.05) is 85.7 Å². The number of esters is 10. The van der Waals surface area contributed by atoms with E-state index in [2.05, 4.69) is 4.74 Å². The number of cyclic esters (lactones) is 10. The van der Waals surface area contributed by atoms with Gasteiger partial charge < -0.3 is 90.0 Å². The predicted octanol–water partition coefficient (Wildman–Crippen LogP) is -1.58. The van der Waals surface area contributed by atoms with E-state index in [0.717, 1.165) is 142 Å². The summed E-state index contributed by atoms with van der Waals surface area (Å²) in [7, 11) is 13.6. The van der Waals surface area contributed by atoms with Crippen molar-refractivity contribution in [2.75, 3.05) is 79.3 Å². The van der Waals surface area contributed by atoms with Crippen molar-refractivity contribution in [1.82, 2.24) is 0 Å². The Morgan fingerprint density at radius 2 is 0.899 bits per heavy atom. The van der Waals surface area contributed by atoms with Crippen molar-refractivity contribution >= 4 is 179 Å². The number of hydrogen-bond acceptors (Lipinski definition) is 30. The number of rotatable bonds is 32. The van der Waals surface area contributed by atoms with E-state index in [-0.39, 0.29) is 180 Å². The first kappa shape index (κ1) is 109. The fraction of sp³-hybridized carbons (Fsp3) is 0.875. The molecule has 30 nitrogen and oxygen atoms in total. The molecule has 129 heavy (non-hydrogen) atoms. The van der Waals surface area contributed by atoms with Crippen LogP contribution in [-0.4, -0.2) is 343 Å². The van der Waals surface area contributed by atoms with E-state index in [1.807, 2.05) is 0 Å². The van der Waals surface area contributed by atoms with Gasteiger partial charge in [0.15, 0.2) is 6.10 Å². The van der Waals surface area contributed by atoms with Crippen LogP contribution >= 0.6 is 0 Å². The van der Waals surface area contributed by atoms with Gasteiger partial charge in [0, 0.05) is 194 Å². The molecule has 0 aromatic carbocycles. The van der Waals surface area contributed by atoms with Gasteiger partial charge in [-0.25, -0.2) is 4.79 Å². The standard InChI is InChI=1S/2C12H20O4Si.C11H18O3Si.C10H16O4Si.2C7H14O2Si.C6H12O3Si.3C6H12O2Si.C5H10O2Si/c13-11-12(2-4-15-11)7-9-8(6-10(12)16-9)14-3-1-5-17;13-11-6-12(7-15-11)5-9-8(4-10(12)16-9)14-2-1-3-17;12-11-8-5-6-4-7(8)10(14-11)9(6)13-2-1-3-15;11-10-5-4-6-8(12-2-1-3-15)9(14-10)7(5)13-6;8-7-6(2-1-5-10)3-4-9-7;8-7-4-6(5-9-7)2-1-3-10;7-6-8-4-5(9-6)2-1-3-10;7-6-5(2-4-9)1-3-8-6;7-6-3-5(1-2-9)4-8-6;7-6-2-1-5(8-6)3-4-9;6-5-1-4(3-8)2-7-5/h2*8-10H,1-7H2,17H3;6-10H,1-5H2,15H3;5-9H,1-4H2,15H3;2*6H,1-5H2,10H3;5H,1-4H2,10H3;3*5H,1-4H2,9H3;4H,1-3H2,8H3. The zero-order valence-corrected chi connectivity index (χ0v) is 102. The third-order valence-electron chi connectivity index (χ3n) is 28.3. The SMILES string of the molecule is O=C1CC(CCC[SiH3])CO1.O=C1CC(CC[SiH3])CO1.O=C1CC(C[SiH3])CO1.O=C1CC2(CO1)CC1OC2CC1OCCC[SiH3].O=C1CCC(CC[SiH3])O1.O=C1OC2C(OCCC[SiH3])C3CC1C2O3.O=C1OC2C3CC(CC13)C2OCCC[SiH3].O=C1OCC(CCC[SiH3])O1.O=C1OCCC12CC1OC2CC1OCCC[SiH3].O=C1OCCC1CCC[SiH3].O=C1OCCC1CC[SiH3]. The minimum absolute atomic E-state index is 0.00145. The van der Waals surface area contributed by atoms with Crippen LogP contribution in [0.1, 0.15) is 186 Å². The first-order valence-electron chi connectivity index (χ1n) is 50.4. The highest BCUT2D eigenvalue weighted by Gasteiger charge is 2.66. The second kappa shape index (κ2) is 57.3. The van der Waals surface area contributed by atoms with Gasteiger partial charge in [0.05, 0.1) is 143 Å². The van der Waals surface area contributed by atoms with Crippen LogP contribution in [0.3, 0.4) is 0 Å². The van der Waals surface area contributed by atoms with Crippen LogP contribution in [0.25, 0.3) is 0 Å². The number of fused-ring (bicyclic) bond motifs is 8. The third-order valence-corrected chi connectivity index (χ3v) is 36.2. The van der Waals surface area contributed by atoms with E-state index in [1.54, 1.807) is 0 Å². The molecule has 2 aliphatic carbocycles. The summed E-state index contributed by atoms with van der Waals surface area (Å²) in [6.07, 6.45) is 29.4. The van der Waals surface area contributed by atoms with Crippen molar-refractivity contribution in [1.29, 1.82) is 0 Å². The Bertz CT molecular complexity index is 3380. The van der Waals surface area contributed by atoms with Crippen molar-refractivity contribution in [3.8, 4) is 0 Å².